The molecular formula is C16H24N2. The molecule has 2 nitrogen and oxygen atoms in total. The van der Waals surface area contributed by atoms with Crippen LogP contribution in [0.15, 0.2) is 36.9 Å². The highest BCUT2D eigenvalue weighted by atomic mass is 15.1. The Bertz CT molecular complexity index is 364. The molecule has 0 bridgehead atoms. The summed E-state index contributed by atoms with van der Waals surface area (Å²) < 4.78 is 0. The van der Waals surface area contributed by atoms with Crippen LogP contribution in [-0.2, 0) is 0 Å². The highest BCUT2D eigenvalue weighted by molar-refractivity contribution is 5.64. The van der Waals surface area contributed by atoms with Crippen LogP contribution in [0.2, 0.25) is 0 Å². The zero-order valence-electron chi connectivity index (χ0n) is 11.1. The number of piperidine rings is 1. The molecule has 0 radical (unpaired) electrons. The predicted molar refractivity (Wildman–Crippen MR) is 78.3 cm³/mol. The Balaban J connectivity index is 1.80. The van der Waals surface area contributed by atoms with Crippen LogP contribution < -0.4 is 5.73 Å². The molecule has 1 aromatic carbocycles. The summed E-state index contributed by atoms with van der Waals surface area (Å²) in [4.78, 5) is 2.52. The Labute approximate surface area is 110 Å². The Hall–Kier alpha value is -1.12. The zero-order valence-corrected chi connectivity index (χ0v) is 11.1. The summed E-state index contributed by atoms with van der Waals surface area (Å²) in [6.07, 6.45) is 3.77. The van der Waals surface area contributed by atoms with Crippen molar-refractivity contribution >= 4 is 5.57 Å². The first-order valence-corrected chi connectivity index (χ1v) is 6.95. The smallest absolute Gasteiger partial charge is 0.0233 e. The lowest BCUT2D eigenvalue weighted by Gasteiger charge is -2.32. The van der Waals surface area contributed by atoms with Crippen molar-refractivity contribution < 1.29 is 0 Å². The van der Waals surface area contributed by atoms with Gasteiger partial charge < -0.3 is 5.73 Å². The Morgan fingerprint density at radius 2 is 1.89 bits per heavy atom. The molecule has 1 aromatic rings. The molecule has 0 amide bonds. The van der Waals surface area contributed by atoms with E-state index in [2.05, 4.69) is 41.8 Å². The van der Waals surface area contributed by atoms with Crippen LogP contribution in [0.3, 0.4) is 0 Å². The maximum Gasteiger partial charge on any atom is 0.0233 e. The van der Waals surface area contributed by atoms with E-state index in [9.17, 15) is 0 Å². The fourth-order valence-electron chi connectivity index (χ4n) is 2.70. The molecular weight excluding hydrogens is 220 g/mol. The first-order valence-electron chi connectivity index (χ1n) is 6.95. The third kappa shape index (κ3) is 3.69. The first kappa shape index (κ1) is 13.3. The second-order valence-corrected chi connectivity index (χ2v) is 5.27. The van der Waals surface area contributed by atoms with Gasteiger partial charge >= 0.3 is 0 Å². The Morgan fingerprint density at radius 3 is 2.50 bits per heavy atom. The third-order valence-electron chi connectivity index (χ3n) is 3.88. The van der Waals surface area contributed by atoms with Crippen molar-refractivity contribution in [1.29, 1.82) is 0 Å². The van der Waals surface area contributed by atoms with Crippen LogP contribution in [0, 0.1) is 5.92 Å². The Kier molecular flexibility index (Phi) is 4.97. The van der Waals surface area contributed by atoms with E-state index in [0.717, 1.165) is 19.0 Å². The summed E-state index contributed by atoms with van der Waals surface area (Å²) >= 11 is 0. The van der Waals surface area contributed by atoms with E-state index in [0.29, 0.717) is 0 Å². The summed E-state index contributed by atoms with van der Waals surface area (Å²) in [5.74, 6) is 0.844. The average Bonchev–Trinajstić information content (AvgIpc) is 2.42. The molecule has 1 heterocycles. The van der Waals surface area contributed by atoms with Crippen LogP contribution in [0.25, 0.3) is 5.57 Å². The SMILES string of the molecule is C=C(CN1CCC(CCN)CC1)c1ccccc1. The molecule has 1 saturated heterocycles. The summed E-state index contributed by atoms with van der Waals surface area (Å²) in [7, 11) is 0. The Morgan fingerprint density at radius 1 is 1.22 bits per heavy atom. The van der Waals surface area contributed by atoms with Gasteiger partial charge in [0.05, 0.1) is 0 Å². The van der Waals surface area contributed by atoms with Crippen molar-refractivity contribution in [2.45, 2.75) is 19.3 Å². The molecule has 2 rings (SSSR count). The monoisotopic (exact) mass is 244 g/mol. The van der Waals surface area contributed by atoms with Gasteiger partial charge in [-0.1, -0.05) is 36.9 Å². The minimum Gasteiger partial charge on any atom is -0.330 e. The standard InChI is InChI=1S/C16H24N2/c1-14(16-5-3-2-4-6-16)13-18-11-8-15(7-10-17)9-12-18/h2-6,15H,1,7-13,17H2. The molecule has 0 unspecified atom stereocenters. The summed E-state index contributed by atoms with van der Waals surface area (Å²) in [6.45, 7) is 8.43. The molecule has 18 heavy (non-hydrogen) atoms. The normalized spacial score (nSPS) is 17.8. The lowest BCUT2D eigenvalue weighted by atomic mass is 9.93. The number of benzene rings is 1. The number of likely N-dealkylation sites (tertiary alicyclic amines) is 1. The van der Waals surface area contributed by atoms with Gasteiger partial charge in [-0.05, 0) is 56.0 Å². The predicted octanol–water partition coefficient (Wildman–Crippen LogP) is 2.76. The highest BCUT2D eigenvalue weighted by Crippen LogP contribution is 2.22. The van der Waals surface area contributed by atoms with Crippen molar-refractivity contribution in [2.75, 3.05) is 26.2 Å². The minimum atomic E-state index is 0.835. The van der Waals surface area contributed by atoms with Crippen LogP contribution in [0.4, 0.5) is 0 Å². The fraction of sp³-hybridized carbons (Fsp3) is 0.500. The van der Waals surface area contributed by atoms with Gasteiger partial charge in [0.2, 0.25) is 0 Å². The van der Waals surface area contributed by atoms with Gasteiger partial charge in [-0.2, -0.15) is 0 Å². The van der Waals surface area contributed by atoms with Crippen molar-refractivity contribution in [2.24, 2.45) is 11.7 Å². The number of nitrogens with zero attached hydrogens (tertiary/aromatic N) is 1. The quantitative estimate of drug-likeness (QED) is 0.863. The molecule has 0 spiro atoms. The van der Waals surface area contributed by atoms with Gasteiger partial charge in [0.15, 0.2) is 0 Å². The van der Waals surface area contributed by atoms with Crippen molar-refractivity contribution in [3.05, 3.63) is 42.5 Å². The van der Waals surface area contributed by atoms with Gasteiger partial charge in [0.1, 0.15) is 0 Å². The van der Waals surface area contributed by atoms with E-state index in [4.69, 9.17) is 5.73 Å². The summed E-state index contributed by atoms with van der Waals surface area (Å²) in [6, 6.07) is 10.5. The molecule has 98 valence electrons. The van der Waals surface area contributed by atoms with Gasteiger partial charge in [-0.3, -0.25) is 4.90 Å². The van der Waals surface area contributed by atoms with E-state index in [1.165, 1.54) is 43.5 Å². The third-order valence-corrected chi connectivity index (χ3v) is 3.88. The van der Waals surface area contributed by atoms with Crippen molar-refractivity contribution in [1.82, 2.24) is 4.90 Å². The molecule has 1 aliphatic rings. The van der Waals surface area contributed by atoms with E-state index in [1.54, 1.807) is 0 Å². The molecule has 0 saturated carbocycles. The van der Waals surface area contributed by atoms with Gasteiger partial charge in [0.25, 0.3) is 0 Å². The maximum absolute atomic E-state index is 5.62. The van der Waals surface area contributed by atoms with Crippen LogP contribution in [0.1, 0.15) is 24.8 Å². The van der Waals surface area contributed by atoms with E-state index < -0.39 is 0 Å². The first-order chi connectivity index (χ1) is 8.79. The topological polar surface area (TPSA) is 29.3 Å². The van der Waals surface area contributed by atoms with E-state index in [-0.39, 0.29) is 0 Å². The number of rotatable bonds is 5. The summed E-state index contributed by atoms with van der Waals surface area (Å²) in [5, 5.41) is 0. The fourth-order valence-corrected chi connectivity index (χ4v) is 2.70. The molecule has 1 fully saturated rings. The van der Waals surface area contributed by atoms with Crippen LogP contribution in [-0.4, -0.2) is 31.1 Å². The molecule has 2 N–H and O–H groups in total. The van der Waals surface area contributed by atoms with Crippen LogP contribution >= 0.6 is 0 Å². The van der Waals surface area contributed by atoms with Crippen LogP contribution in [0.5, 0.6) is 0 Å². The maximum atomic E-state index is 5.62. The molecule has 0 atom stereocenters. The molecule has 1 aliphatic heterocycles. The molecule has 0 aromatic heterocycles. The zero-order chi connectivity index (χ0) is 12.8. The second kappa shape index (κ2) is 6.72. The lowest BCUT2D eigenvalue weighted by molar-refractivity contribution is 0.199. The van der Waals surface area contributed by atoms with Crippen molar-refractivity contribution in [3.63, 3.8) is 0 Å². The molecule has 2 heteroatoms. The average molecular weight is 244 g/mol. The summed E-state index contributed by atoms with van der Waals surface area (Å²) in [5.41, 5.74) is 8.12. The van der Waals surface area contributed by atoms with E-state index in [1.807, 2.05) is 0 Å². The van der Waals surface area contributed by atoms with E-state index >= 15 is 0 Å². The lowest BCUT2D eigenvalue weighted by Crippen LogP contribution is -2.35. The molecule has 0 aliphatic carbocycles. The number of hydrogen-bond donors (Lipinski definition) is 1. The second-order valence-electron chi connectivity index (χ2n) is 5.27. The van der Waals surface area contributed by atoms with Crippen molar-refractivity contribution in [3.8, 4) is 0 Å². The minimum absolute atomic E-state index is 0.835. The number of nitrogens with two attached hydrogens (primary N) is 1. The van der Waals surface area contributed by atoms with Gasteiger partial charge in [-0.15, -0.1) is 0 Å². The van der Waals surface area contributed by atoms with Gasteiger partial charge in [-0.25, -0.2) is 0 Å². The highest BCUT2D eigenvalue weighted by Gasteiger charge is 2.18. The largest absolute Gasteiger partial charge is 0.330 e. The number of hydrogen-bond acceptors (Lipinski definition) is 2. The van der Waals surface area contributed by atoms with Gasteiger partial charge in [0, 0.05) is 6.54 Å².